The molecular weight excluding hydrogens is 264 g/mol. The van der Waals surface area contributed by atoms with E-state index in [-0.39, 0.29) is 0 Å². The molecule has 88 valence electrons. The molecule has 0 aliphatic heterocycles. The van der Waals surface area contributed by atoms with Gasteiger partial charge in [-0.3, -0.25) is 0 Å². The number of alkyl halides is 1. The molecule has 1 saturated carbocycles. The van der Waals surface area contributed by atoms with E-state index < -0.39 is 0 Å². The van der Waals surface area contributed by atoms with Crippen LogP contribution in [0.1, 0.15) is 42.7 Å². The number of rotatable bonds is 2. The summed E-state index contributed by atoms with van der Waals surface area (Å²) in [6, 6.07) is 6.46. The molecule has 2 heteroatoms. The topological polar surface area (TPSA) is 9.23 Å². The summed E-state index contributed by atoms with van der Waals surface area (Å²) in [4.78, 5) is 0.647. The highest BCUT2D eigenvalue weighted by molar-refractivity contribution is 9.09. The average molecular weight is 283 g/mol. The second kappa shape index (κ2) is 5.22. The van der Waals surface area contributed by atoms with Crippen molar-refractivity contribution in [3.63, 3.8) is 0 Å². The molecule has 1 aliphatic carbocycles. The Bertz CT molecular complexity index is 362. The number of hydrogen-bond donors (Lipinski definition) is 0. The molecule has 0 aromatic heterocycles. The SMILES string of the molecule is COc1ccc(C2CCCCC2Br)c(C)c1. The molecule has 1 fully saturated rings. The molecule has 0 N–H and O–H groups in total. The minimum Gasteiger partial charge on any atom is -0.497 e. The Kier molecular flexibility index (Phi) is 3.91. The third kappa shape index (κ3) is 2.42. The number of benzene rings is 1. The second-order valence-corrected chi connectivity index (χ2v) is 5.81. The van der Waals surface area contributed by atoms with Gasteiger partial charge in [0.25, 0.3) is 0 Å². The Hall–Kier alpha value is -0.500. The normalized spacial score (nSPS) is 25.4. The predicted octanol–water partition coefficient (Wildman–Crippen LogP) is 4.42. The van der Waals surface area contributed by atoms with E-state index in [1.54, 1.807) is 7.11 Å². The van der Waals surface area contributed by atoms with Crippen LogP contribution in [-0.4, -0.2) is 11.9 Å². The summed E-state index contributed by atoms with van der Waals surface area (Å²) in [6.45, 7) is 2.19. The molecule has 1 aromatic carbocycles. The molecule has 0 amide bonds. The van der Waals surface area contributed by atoms with E-state index >= 15 is 0 Å². The Morgan fingerprint density at radius 3 is 2.62 bits per heavy atom. The van der Waals surface area contributed by atoms with Crippen molar-refractivity contribution in [2.24, 2.45) is 0 Å². The lowest BCUT2D eigenvalue weighted by Gasteiger charge is -2.29. The van der Waals surface area contributed by atoms with Gasteiger partial charge in [0.2, 0.25) is 0 Å². The Balaban J connectivity index is 2.25. The van der Waals surface area contributed by atoms with E-state index in [1.807, 2.05) is 0 Å². The summed E-state index contributed by atoms with van der Waals surface area (Å²) in [5, 5.41) is 0. The molecule has 2 atom stereocenters. The number of aryl methyl sites for hydroxylation is 1. The first-order chi connectivity index (χ1) is 7.72. The molecule has 1 aromatic rings. The van der Waals surface area contributed by atoms with Gasteiger partial charge in [0, 0.05) is 4.83 Å². The molecule has 2 rings (SSSR count). The van der Waals surface area contributed by atoms with Gasteiger partial charge in [-0.2, -0.15) is 0 Å². The number of ether oxygens (including phenoxy) is 1. The maximum atomic E-state index is 5.25. The zero-order valence-electron chi connectivity index (χ0n) is 10.0. The maximum absolute atomic E-state index is 5.25. The van der Waals surface area contributed by atoms with Gasteiger partial charge in [-0.25, -0.2) is 0 Å². The Labute approximate surface area is 106 Å². The summed E-state index contributed by atoms with van der Waals surface area (Å²) in [5.74, 6) is 1.64. The molecule has 0 radical (unpaired) electrons. The van der Waals surface area contributed by atoms with Crippen LogP contribution in [-0.2, 0) is 0 Å². The third-order valence-corrected chi connectivity index (χ3v) is 4.65. The Morgan fingerprint density at radius 2 is 2.00 bits per heavy atom. The zero-order valence-corrected chi connectivity index (χ0v) is 11.6. The fourth-order valence-corrected chi connectivity index (χ4v) is 3.50. The van der Waals surface area contributed by atoms with E-state index in [0.717, 1.165) is 5.75 Å². The van der Waals surface area contributed by atoms with Crippen molar-refractivity contribution < 1.29 is 4.74 Å². The van der Waals surface area contributed by atoms with Crippen LogP contribution in [0, 0.1) is 6.92 Å². The van der Waals surface area contributed by atoms with Gasteiger partial charge < -0.3 is 4.74 Å². The smallest absolute Gasteiger partial charge is 0.119 e. The van der Waals surface area contributed by atoms with Crippen LogP contribution in [0.2, 0.25) is 0 Å². The quantitative estimate of drug-likeness (QED) is 0.730. The van der Waals surface area contributed by atoms with Crippen LogP contribution in [0.3, 0.4) is 0 Å². The molecule has 0 bridgehead atoms. The van der Waals surface area contributed by atoms with Gasteiger partial charge in [0.15, 0.2) is 0 Å². The van der Waals surface area contributed by atoms with Crippen LogP contribution < -0.4 is 4.74 Å². The highest BCUT2D eigenvalue weighted by Gasteiger charge is 2.25. The molecule has 0 saturated heterocycles. The van der Waals surface area contributed by atoms with Crippen molar-refractivity contribution in [3.05, 3.63) is 29.3 Å². The lowest BCUT2D eigenvalue weighted by atomic mass is 9.82. The zero-order chi connectivity index (χ0) is 11.5. The third-order valence-electron chi connectivity index (χ3n) is 3.56. The van der Waals surface area contributed by atoms with Crippen molar-refractivity contribution >= 4 is 15.9 Å². The van der Waals surface area contributed by atoms with Gasteiger partial charge in [-0.05, 0) is 48.9 Å². The number of hydrogen-bond acceptors (Lipinski definition) is 1. The molecule has 1 nitrogen and oxygen atoms in total. The van der Waals surface area contributed by atoms with Crippen molar-refractivity contribution in [3.8, 4) is 5.75 Å². The minimum absolute atomic E-state index is 0.647. The fraction of sp³-hybridized carbons (Fsp3) is 0.571. The van der Waals surface area contributed by atoms with E-state index in [2.05, 4.69) is 41.1 Å². The van der Waals surface area contributed by atoms with Crippen LogP contribution in [0.15, 0.2) is 18.2 Å². The molecule has 1 aliphatic rings. The van der Waals surface area contributed by atoms with E-state index in [4.69, 9.17) is 4.74 Å². The van der Waals surface area contributed by atoms with Gasteiger partial charge in [-0.15, -0.1) is 0 Å². The molecule has 0 spiro atoms. The van der Waals surface area contributed by atoms with Crippen molar-refractivity contribution in [1.29, 1.82) is 0 Å². The Morgan fingerprint density at radius 1 is 1.25 bits per heavy atom. The number of halogens is 1. The van der Waals surface area contributed by atoms with E-state index in [1.165, 1.54) is 36.8 Å². The lowest BCUT2D eigenvalue weighted by Crippen LogP contribution is -2.18. The van der Waals surface area contributed by atoms with Crippen molar-refractivity contribution in [1.82, 2.24) is 0 Å². The first-order valence-electron chi connectivity index (χ1n) is 6.01. The van der Waals surface area contributed by atoms with Gasteiger partial charge >= 0.3 is 0 Å². The van der Waals surface area contributed by atoms with Crippen LogP contribution in [0.5, 0.6) is 5.75 Å². The van der Waals surface area contributed by atoms with E-state index in [9.17, 15) is 0 Å². The monoisotopic (exact) mass is 282 g/mol. The summed E-state index contributed by atoms with van der Waals surface area (Å²) in [7, 11) is 1.72. The number of methoxy groups -OCH3 is 1. The molecule has 2 unspecified atom stereocenters. The summed E-state index contributed by atoms with van der Waals surface area (Å²) in [5.41, 5.74) is 2.85. The molecule has 16 heavy (non-hydrogen) atoms. The minimum atomic E-state index is 0.647. The largest absolute Gasteiger partial charge is 0.497 e. The highest BCUT2D eigenvalue weighted by Crippen LogP contribution is 2.39. The fourth-order valence-electron chi connectivity index (χ4n) is 2.63. The molecule has 0 heterocycles. The summed E-state index contributed by atoms with van der Waals surface area (Å²) < 4.78 is 5.25. The van der Waals surface area contributed by atoms with Crippen LogP contribution in [0.4, 0.5) is 0 Å². The summed E-state index contributed by atoms with van der Waals surface area (Å²) >= 11 is 3.83. The van der Waals surface area contributed by atoms with Crippen molar-refractivity contribution in [2.45, 2.75) is 43.4 Å². The van der Waals surface area contributed by atoms with Gasteiger partial charge in [-0.1, -0.05) is 34.8 Å². The van der Waals surface area contributed by atoms with E-state index in [0.29, 0.717) is 10.7 Å². The van der Waals surface area contributed by atoms with Gasteiger partial charge in [0.1, 0.15) is 5.75 Å². The average Bonchev–Trinajstić information content (AvgIpc) is 2.30. The second-order valence-electron chi connectivity index (χ2n) is 4.63. The maximum Gasteiger partial charge on any atom is 0.119 e. The first kappa shape index (κ1) is 12.0. The van der Waals surface area contributed by atoms with Gasteiger partial charge in [0.05, 0.1) is 7.11 Å². The van der Waals surface area contributed by atoms with Crippen LogP contribution >= 0.6 is 15.9 Å². The molecular formula is C14H19BrO. The predicted molar refractivity (Wildman–Crippen MR) is 71.7 cm³/mol. The summed E-state index contributed by atoms with van der Waals surface area (Å²) in [6.07, 6.45) is 5.33. The lowest BCUT2D eigenvalue weighted by molar-refractivity contribution is 0.413. The van der Waals surface area contributed by atoms with Crippen LogP contribution in [0.25, 0.3) is 0 Å². The van der Waals surface area contributed by atoms with Crippen molar-refractivity contribution in [2.75, 3.05) is 7.11 Å². The first-order valence-corrected chi connectivity index (χ1v) is 6.92. The highest BCUT2D eigenvalue weighted by atomic mass is 79.9. The standard InChI is InChI=1S/C14H19BrO/c1-10-9-11(16-2)7-8-12(10)13-5-3-4-6-14(13)15/h7-9,13-14H,3-6H2,1-2H3.